The molecule has 0 spiro atoms. The molecule has 0 bridgehead atoms. The highest BCUT2D eigenvalue weighted by Crippen LogP contribution is 2.22. The number of benzene rings is 2. The molecule has 214 valence electrons. The molecule has 2 aromatic rings. The van der Waals surface area contributed by atoms with E-state index in [1.54, 1.807) is 31.3 Å². The van der Waals surface area contributed by atoms with Gasteiger partial charge < -0.3 is 35.9 Å². The monoisotopic (exact) mass is 541 g/mol. The number of ether oxygens (including phenoxy) is 1. The first kappa shape index (κ1) is 33.3. The van der Waals surface area contributed by atoms with Crippen LogP contribution in [0.15, 0.2) is 41.4 Å². The van der Waals surface area contributed by atoms with E-state index in [0.717, 1.165) is 22.4 Å². The van der Waals surface area contributed by atoms with Gasteiger partial charge in [0.1, 0.15) is 11.9 Å². The molecule has 1 aliphatic rings. The van der Waals surface area contributed by atoms with E-state index in [-0.39, 0.29) is 12.5 Å². The van der Waals surface area contributed by atoms with Crippen LogP contribution in [0.5, 0.6) is 0 Å². The normalized spacial score (nSPS) is 12.8. The SMILES string of the molecule is CC.CCC.CNC(=O)c1ccc(N(C)CCOC(C=O)C(O)C(=O)Nc2ccc3c(c2)CN=C3N)cc1C. The summed E-state index contributed by atoms with van der Waals surface area (Å²) in [5, 5.41) is 15.5. The second kappa shape index (κ2) is 17.0. The molecular weight excluding hydrogens is 498 g/mol. The Morgan fingerprint density at radius 2 is 1.87 bits per heavy atom. The van der Waals surface area contributed by atoms with Crippen molar-refractivity contribution in [3.05, 3.63) is 58.7 Å². The van der Waals surface area contributed by atoms with Gasteiger partial charge in [-0.1, -0.05) is 34.1 Å². The predicted octanol–water partition coefficient (Wildman–Crippen LogP) is 3.04. The lowest BCUT2D eigenvalue weighted by Crippen LogP contribution is -2.41. The summed E-state index contributed by atoms with van der Waals surface area (Å²) in [6.45, 7) is 11.0. The number of hydrogen-bond donors (Lipinski definition) is 4. The third-order valence-corrected chi connectivity index (χ3v) is 5.64. The third kappa shape index (κ3) is 9.49. The highest BCUT2D eigenvalue weighted by molar-refractivity contribution is 6.02. The highest BCUT2D eigenvalue weighted by atomic mass is 16.5. The van der Waals surface area contributed by atoms with E-state index < -0.39 is 18.1 Å². The van der Waals surface area contributed by atoms with Crippen LogP contribution < -0.4 is 21.3 Å². The number of nitrogens with one attached hydrogen (secondary N) is 2. The Balaban J connectivity index is 0.00000142. The summed E-state index contributed by atoms with van der Waals surface area (Å²) in [4.78, 5) is 41.8. The Labute approximate surface area is 231 Å². The quantitative estimate of drug-likeness (QED) is 0.338. The Morgan fingerprint density at radius 1 is 1.21 bits per heavy atom. The Hall–Kier alpha value is -3.76. The highest BCUT2D eigenvalue weighted by Gasteiger charge is 2.27. The van der Waals surface area contributed by atoms with Crippen molar-refractivity contribution in [1.29, 1.82) is 0 Å². The summed E-state index contributed by atoms with van der Waals surface area (Å²) in [5.41, 5.74) is 10.2. The van der Waals surface area contributed by atoms with E-state index in [2.05, 4.69) is 29.5 Å². The molecule has 1 aliphatic heterocycles. The third-order valence-electron chi connectivity index (χ3n) is 5.64. The molecule has 10 heteroatoms. The van der Waals surface area contributed by atoms with E-state index in [0.29, 0.717) is 36.5 Å². The first-order chi connectivity index (χ1) is 18.7. The minimum atomic E-state index is -1.67. The molecular formula is C29H43N5O5. The number of amides is 2. The van der Waals surface area contributed by atoms with E-state index in [1.165, 1.54) is 6.42 Å². The van der Waals surface area contributed by atoms with Crippen LogP contribution in [0.4, 0.5) is 11.4 Å². The fourth-order valence-corrected chi connectivity index (χ4v) is 3.61. The van der Waals surface area contributed by atoms with Gasteiger partial charge in [-0.2, -0.15) is 0 Å². The van der Waals surface area contributed by atoms with E-state index in [1.807, 2.05) is 44.9 Å². The summed E-state index contributed by atoms with van der Waals surface area (Å²) in [6.07, 6.45) is -1.34. The molecule has 10 nitrogen and oxygen atoms in total. The Kier molecular flexibility index (Phi) is 14.5. The Bertz CT molecular complexity index is 1140. The maximum atomic E-state index is 12.4. The number of anilines is 2. The van der Waals surface area contributed by atoms with Gasteiger partial charge in [0.05, 0.1) is 13.2 Å². The maximum Gasteiger partial charge on any atom is 0.256 e. The van der Waals surface area contributed by atoms with Crippen LogP contribution >= 0.6 is 0 Å². The first-order valence-corrected chi connectivity index (χ1v) is 13.2. The zero-order valence-corrected chi connectivity index (χ0v) is 24.1. The minimum absolute atomic E-state index is 0.0932. The molecule has 2 unspecified atom stereocenters. The number of nitrogens with two attached hydrogens (primary N) is 1. The van der Waals surface area contributed by atoms with Gasteiger partial charge in [0.15, 0.2) is 12.4 Å². The van der Waals surface area contributed by atoms with E-state index >= 15 is 0 Å². The average Bonchev–Trinajstić information content (AvgIpc) is 3.31. The molecule has 2 amide bonds. The number of aryl methyl sites for hydroxylation is 1. The van der Waals surface area contributed by atoms with Gasteiger partial charge in [0, 0.05) is 43.1 Å². The van der Waals surface area contributed by atoms with Gasteiger partial charge >= 0.3 is 0 Å². The van der Waals surface area contributed by atoms with Gasteiger partial charge in [-0.25, -0.2) is 0 Å². The van der Waals surface area contributed by atoms with Crippen LogP contribution in [0.2, 0.25) is 0 Å². The summed E-state index contributed by atoms with van der Waals surface area (Å²) < 4.78 is 5.48. The van der Waals surface area contributed by atoms with Crippen LogP contribution in [0.3, 0.4) is 0 Å². The van der Waals surface area contributed by atoms with Gasteiger partial charge in [0.25, 0.3) is 11.8 Å². The molecule has 1 heterocycles. The van der Waals surface area contributed by atoms with Gasteiger partial charge in [-0.3, -0.25) is 14.6 Å². The van der Waals surface area contributed by atoms with Gasteiger partial charge in [-0.15, -0.1) is 0 Å². The fourth-order valence-electron chi connectivity index (χ4n) is 3.61. The van der Waals surface area contributed by atoms with Gasteiger partial charge in [0.2, 0.25) is 0 Å². The summed E-state index contributed by atoms with van der Waals surface area (Å²) in [6, 6.07) is 10.6. The zero-order chi connectivity index (χ0) is 29.5. The molecule has 0 fully saturated rings. The molecule has 0 saturated heterocycles. The molecule has 2 aromatic carbocycles. The molecule has 5 N–H and O–H groups in total. The lowest BCUT2D eigenvalue weighted by atomic mass is 10.1. The molecule has 0 aliphatic carbocycles. The number of aliphatic hydroxyl groups is 1. The average molecular weight is 542 g/mol. The summed E-state index contributed by atoms with van der Waals surface area (Å²) >= 11 is 0. The summed E-state index contributed by atoms with van der Waals surface area (Å²) in [7, 11) is 3.41. The van der Waals surface area contributed by atoms with Crippen LogP contribution in [0, 0.1) is 6.92 Å². The van der Waals surface area contributed by atoms with Crippen LogP contribution in [0.1, 0.15) is 61.2 Å². The van der Waals surface area contributed by atoms with Gasteiger partial charge in [-0.05, 0) is 54.4 Å². The number of fused-ring (bicyclic) bond motifs is 1. The minimum Gasteiger partial charge on any atom is -0.383 e. The lowest BCUT2D eigenvalue weighted by Gasteiger charge is -2.23. The van der Waals surface area contributed by atoms with Crippen molar-refractivity contribution in [1.82, 2.24) is 5.32 Å². The molecule has 2 atom stereocenters. The number of hydrogen-bond acceptors (Lipinski definition) is 8. The van der Waals surface area contributed by atoms with E-state index in [4.69, 9.17) is 10.5 Å². The number of carbonyl (C=O) groups excluding carboxylic acids is 3. The molecule has 39 heavy (non-hydrogen) atoms. The number of aliphatic hydroxyl groups excluding tert-OH is 1. The second-order valence-electron chi connectivity index (χ2n) is 8.69. The Morgan fingerprint density at radius 3 is 2.46 bits per heavy atom. The fraction of sp³-hybridized carbons (Fsp3) is 0.448. The lowest BCUT2D eigenvalue weighted by molar-refractivity contribution is -0.139. The van der Waals surface area contributed by atoms with Crippen LogP contribution in [-0.2, 0) is 20.9 Å². The number of rotatable bonds is 10. The summed E-state index contributed by atoms with van der Waals surface area (Å²) in [5.74, 6) is -0.462. The zero-order valence-electron chi connectivity index (χ0n) is 24.1. The molecule has 0 radical (unpaired) electrons. The van der Waals surface area contributed by atoms with Crippen molar-refractivity contribution in [2.45, 2.75) is 59.8 Å². The number of aldehydes is 1. The van der Waals surface area contributed by atoms with Crippen molar-refractivity contribution in [2.24, 2.45) is 10.7 Å². The van der Waals surface area contributed by atoms with Crippen LogP contribution in [-0.4, -0.2) is 68.5 Å². The number of amidine groups is 1. The molecule has 0 saturated carbocycles. The van der Waals surface area contributed by atoms with Crippen molar-refractivity contribution in [2.75, 3.05) is 37.5 Å². The molecule has 3 rings (SSSR count). The van der Waals surface area contributed by atoms with Crippen molar-refractivity contribution < 1.29 is 24.2 Å². The number of aliphatic imine (C=N–C) groups is 1. The van der Waals surface area contributed by atoms with Crippen molar-refractivity contribution >= 4 is 35.3 Å². The number of carbonyl (C=O) groups is 3. The smallest absolute Gasteiger partial charge is 0.256 e. The number of nitrogens with zero attached hydrogens (tertiary/aromatic N) is 2. The van der Waals surface area contributed by atoms with Crippen molar-refractivity contribution in [3.63, 3.8) is 0 Å². The second-order valence-corrected chi connectivity index (χ2v) is 8.69. The number of likely N-dealkylation sites (N-methyl/N-ethyl adjacent to an activating group) is 1. The largest absolute Gasteiger partial charge is 0.383 e. The van der Waals surface area contributed by atoms with Crippen LogP contribution in [0.25, 0.3) is 0 Å². The van der Waals surface area contributed by atoms with E-state index in [9.17, 15) is 19.5 Å². The predicted molar refractivity (Wildman–Crippen MR) is 156 cm³/mol. The molecule has 0 aromatic heterocycles. The first-order valence-electron chi connectivity index (χ1n) is 13.2. The topological polar surface area (TPSA) is 146 Å². The standard InChI is InChI=1S/C24H29N5O5.C3H8.C2H6/c1-14-10-17(5-7-18(14)23(32)26-2)29(3)8-9-34-20(13-30)21(31)24(33)28-16-4-6-19-15(11-16)12-27-22(19)25;1-3-2;1-2/h4-7,10-11,13,20-21,31H,8-9,12H2,1-3H3,(H2,25,27)(H,26,32)(H,28,33);3H2,1-2H3;1-2H3. The maximum absolute atomic E-state index is 12.4. The van der Waals surface area contributed by atoms with Crippen molar-refractivity contribution in [3.8, 4) is 0 Å².